The SMILES string of the molecule is CSCCCCN1C(=O)C2(CC2)NC1c1ccccc1. The molecule has 1 saturated carbocycles. The Morgan fingerprint density at radius 1 is 1.30 bits per heavy atom. The van der Waals surface area contributed by atoms with Gasteiger partial charge in [-0.3, -0.25) is 10.1 Å². The average molecular weight is 290 g/mol. The summed E-state index contributed by atoms with van der Waals surface area (Å²) in [5, 5.41) is 3.57. The molecule has 0 bridgehead atoms. The minimum absolute atomic E-state index is 0.0699. The Bertz CT molecular complexity index is 473. The van der Waals surface area contributed by atoms with Crippen LogP contribution < -0.4 is 5.32 Å². The molecule has 20 heavy (non-hydrogen) atoms. The zero-order chi connectivity index (χ0) is 14.0. The van der Waals surface area contributed by atoms with Gasteiger partial charge in [0.25, 0.3) is 0 Å². The summed E-state index contributed by atoms with van der Waals surface area (Å²) in [6.45, 7) is 0.869. The Morgan fingerprint density at radius 3 is 2.70 bits per heavy atom. The number of carbonyl (C=O) groups excluding carboxylic acids is 1. The van der Waals surface area contributed by atoms with Crippen LogP contribution in [0.5, 0.6) is 0 Å². The van der Waals surface area contributed by atoms with Crippen LogP contribution in [0.1, 0.15) is 37.4 Å². The van der Waals surface area contributed by atoms with E-state index in [0.29, 0.717) is 5.91 Å². The van der Waals surface area contributed by atoms with Gasteiger partial charge in [0.15, 0.2) is 0 Å². The third-order valence-corrected chi connectivity index (χ3v) is 4.95. The maximum Gasteiger partial charge on any atom is 0.244 e. The predicted octanol–water partition coefficient (Wildman–Crippen LogP) is 2.79. The minimum Gasteiger partial charge on any atom is -0.321 e. The van der Waals surface area contributed by atoms with Crippen LogP contribution in [0, 0.1) is 0 Å². The summed E-state index contributed by atoms with van der Waals surface area (Å²) in [4.78, 5) is 14.7. The Kier molecular flexibility index (Phi) is 4.03. The van der Waals surface area contributed by atoms with E-state index in [1.165, 1.54) is 17.7 Å². The molecule has 4 heteroatoms. The van der Waals surface area contributed by atoms with Gasteiger partial charge in [-0.15, -0.1) is 0 Å². The number of amides is 1. The van der Waals surface area contributed by atoms with E-state index in [-0.39, 0.29) is 11.7 Å². The summed E-state index contributed by atoms with van der Waals surface area (Å²) in [5.41, 5.74) is 0.981. The number of thioether (sulfide) groups is 1. The topological polar surface area (TPSA) is 32.3 Å². The summed E-state index contributed by atoms with van der Waals surface area (Å²) in [6.07, 6.45) is 6.47. The number of rotatable bonds is 6. The first-order valence-electron chi connectivity index (χ1n) is 7.39. The molecule has 3 rings (SSSR count). The summed E-state index contributed by atoms with van der Waals surface area (Å²) in [7, 11) is 0. The van der Waals surface area contributed by atoms with E-state index in [1.807, 2.05) is 30.0 Å². The van der Waals surface area contributed by atoms with Crippen LogP contribution in [0.3, 0.4) is 0 Å². The van der Waals surface area contributed by atoms with E-state index in [4.69, 9.17) is 0 Å². The maximum absolute atomic E-state index is 12.6. The van der Waals surface area contributed by atoms with E-state index in [0.717, 1.165) is 25.8 Å². The molecule has 0 radical (unpaired) electrons. The molecule has 1 heterocycles. The lowest BCUT2D eigenvalue weighted by Gasteiger charge is -2.24. The first-order chi connectivity index (χ1) is 9.77. The van der Waals surface area contributed by atoms with E-state index < -0.39 is 0 Å². The molecule has 0 aromatic heterocycles. The van der Waals surface area contributed by atoms with Crippen molar-refractivity contribution in [3.8, 4) is 0 Å². The molecule has 1 amide bonds. The average Bonchev–Trinajstić information content (AvgIpc) is 3.21. The maximum atomic E-state index is 12.6. The quantitative estimate of drug-likeness (QED) is 0.818. The minimum atomic E-state index is -0.222. The predicted molar refractivity (Wildman–Crippen MR) is 83.6 cm³/mol. The Hall–Kier alpha value is -1.00. The summed E-state index contributed by atoms with van der Waals surface area (Å²) in [5.74, 6) is 1.49. The molecule has 108 valence electrons. The van der Waals surface area contributed by atoms with Crippen LogP contribution in [0.25, 0.3) is 0 Å². The highest BCUT2D eigenvalue weighted by molar-refractivity contribution is 7.98. The van der Waals surface area contributed by atoms with Gasteiger partial charge in [0.05, 0.1) is 0 Å². The van der Waals surface area contributed by atoms with Gasteiger partial charge in [-0.1, -0.05) is 30.3 Å². The molecular formula is C16H22N2OS. The highest BCUT2D eigenvalue weighted by atomic mass is 32.2. The van der Waals surface area contributed by atoms with Gasteiger partial charge >= 0.3 is 0 Å². The first-order valence-corrected chi connectivity index (χ1v) is 8.79. The fourth-order valence-corrected chi connectivity index (χ4v) is 3.43. The number of hydrogen-bond donors (Lipinski definition) is 1. The van der Waals surface area contributed by atoms with E-state index in [1.54, 1.807) is 0 Å². The molecule has 3 nitrogen and oxygen atoms in total. The molecule has 1 aliphatic carbocycles. The largest absolute Gasteiger partial charge is 0.321 e. The molecule has 1 aromatic carbocycles. The molecule has 1 N–H and O–H groups in total. The fraction of sp³-hybridized carbons (Fsp3) is 0.562. The van der Waals surface area contributed by atoms with Gasteiger partial charge in [-0.25, -0.2) is 0 Å². The van der Waals surface area contributed by atoms with Crippen LogP contribution in [0.15, 0.2) is 30.3 Å². The van der Waals surface area contributed by atoms with Gasteiger partial charge in [0, 0.05) is 6.54 Å². The lowest BCUT2D eigenvalue weighted by atomic mass is 10.1. The van der Waals surface area contributed by atoms with Crippen molar-refractivity contribution in [1.29, 1.82) is 0 Å². The second-order valence-electron chi connectivity index (χ2n) is 5.74. The monoisotopic (exact) mass is 290 g/mol. The van der Waals surface area contributed by atoms with Crippen molar-refractivity contribution in [2.24, 2.45) is 0 Å². The molecule has 1 spiro atoms. The van der Waals surface area contributed by atoms with Crippen molar-refractivity contribution in [2.45, 2.75) is 37.4 Å². The zero-order valence-corrected chi connectivity index (χ0v) is 12.8. The summed E-state index contributed by atoms with van der Waals surface area (Å²) >= 11 is 1.88. The summed E-state index contributed by atoms with van der Waals surface area (Å²) in [6, 6.07) is 10.3. The Labute approximate surface area is 125 Å². The standard InChI is InChI=1S/C16H22N2OS/c1-20-12-6-5-11-18-14(13-7-3-2-4-8-13)17-16(9-10-16)15(18)19/h2-4,7-8,14,17H,5-6,9-12H2,1H3. The van der Waals surface area contributed by atoms with Crippen LogP contribution in [-0.4, -0.2) is 34.9 Å². The van der Waals surface area contributed by atoms with Crippen molar-refractivity contribution in [2.75, 3.05) is 18.6 Å². The summed E-state index contributed by atoms with van der Waals surface area (Å²) < 4.78 is 0. The molecular weight excluding hydrogens is 268 g/mol. The third-order valence-electron chi connectivity index (χ3n) is 4.26. The normalized spacial score (nSPS) is 23.6. The number of carbonyl (C=O) groups is 1. The van der Waals surface area contributed by atoms with Crippen LogP contribution in [0.4, 0.5) is 0 Å². The van der Waals surface area contributed by atoms with Gasteiger partial charge in [0.1, 0.15) is 11.7 Å². The molecule has 2 fully saturated rings. The van der Waals surface area contributed by atoms with Crippen molar-refractivity contribution < 1.29 is 4.79 Å². The molecule has 1 saturated heterocycles. The second kappa shape index (κ2) is 5.78. The number of nitrogens with zero attached hydrogens (tertiary/aromatic N) is 1. The smallest absolute Gasteiger partial charge is 0.244 e. The van der Waals surface area contributed by atoms with Crippen molar-refractivity contribution in [3.05, 3.63) is 35.9 Å². The first kappa shape index (κ1) is 14.0. The van der Waals surface area contributed by atoms with E-state index >= 15 is 0 Å². The number of unbranched alkanes of at least 4 members (excludes halogenated alkanes) is 1. The van der Waals surface area contributed by atoms with Gasteiger partial charge in [-0.2, -0.15) is 11.8 Å². The Balaban J connectivity index is 1.71. The molecule has 1 atom stereocenters. The Morgan fingerprint density at radius 2 is 2.05 bits per heavy atom. The van der Waals surface area contributed by atoms with Crippen molar-refractivity contribution in [3.63, 3.8) is 0 Å². The van der Waals surface area contributed by atoms with Crippen LogP contribution in [-0.2, 0) is 4.79 Å². The van der Waals surface area contributed by atoms with Crippen LogP contribution >= 0.6 is 11.8 Å². The molecule has 2 aliphatic rings. The van der Waals surface area contributed by atoms with Crippen LogP contribution in [0.2, 0.25) is 0 Å². The lowest BCUT2D eigenvalue weighted by Crippen LogP contribution is -2.33. The lowest BCUT2D eigenvalue weighted by molar-refractivity contribution is -0.130. The zero-order valence-electron chi connectivity index (χ0n) is 12.0. The van der Waals surface area contributed by atoms with Gasteiger partial charge in [0.2, 0.25) is 5.91 Å². The highest BCUT2D eigenvalue weighted by Gasteiger charge is 2.59. The molecule has 1 aliphatic heterocycles. The second-order valence-corrected chi connectivity index (χ2v) is 6.72. The van der Waals surface area contributed by atoms with Gasteiger partial charge < -0.3 is 4.90 Å². The third kappa shape index (κ3) is 2.59. The number of hydrogen-bond acceptors (Lipinski definition) is 3. The van der Waals surface area contributed by atoms with E-state index in [9.17, 15) is 4.79 Å². The van der Waals surface area contributed by atoms with Crippen molar-refractivity contribution in [1.82, 2.24) is 10.2 Å². The molecule has 1 aromatic rings. The van der Waals surface area contributed by atoms with Gasteiger partial charge in [-0.05, 0) is 43.3 Å². The van der Waals surface area contributed by atoms with Crippen molar-refractivity contribution >= 4 is 17.7 Å². The highest BCUT2D eigenvalue weighted by Crippen LogP contribution is 2.45. The van der Waals surface area contributed by atoms with E-state index in [2.05, 4.69) is 28.6 Å². The molecule has 1 unspecified atom stereocenters. The number of benzene rings is 1. The fourth-order valence-electron chi connectivity index (χ4n) is 2.93. The number of nitrogens with one attached hydrogen (secondary N) is 1.